The Labute approximate surface area is 146 Å². The van der Waals surface area contributed by atoms with Gasteiger partial charge in [-0.05, 0) is 32.0 Å². The summed E-state index contributed by atoms with van der Waals surface area (Å²) in [6.07, 6.45) is 3.19. The van der Waals surface area contributed by atoms with Crippen molar-refractivity contribution in [3.8, 4) is 11.8 Å². The van der Waals surface area contributed by atoms with Gasteiger partial charge in [-0.3, -0.25) is 0 Å². The molecule has 5 nitrogen and oxygen atoms in total. The number of anilines is 2. The van der Waals surface area contributed by atoms with Crippen LogP contribution in [0.25, 0.3) is 0 Å². The van der Waals surface area contributed by atoms with Gasteiger partial charge in [-0.15, -0.1) is 0 Å². The van der Waals surface area contributed by atoms with Crippen molar-refractivity contribution in [3.05, 3.63) is 58.5 Å². The zero-order chi connectivity index (χ0) is 17.1. The Kier molecular flexibility index (Phi) is 4.59. The van der Waals surface area contributed by atoms with E-state index >= 15 is 0 Å². The van der Waals surface area contributed by atoms with Gasteiger partial charge in [-0.25, -0.2) is 0 Å². The third kappa shape index (κ3) is 3.01. The van der Waals surface area contributed by atoms with Crippen LogP contribution >= 0.6 is 11.6 Å². The summed E-state index contributed by atoms with van der Waals surface area (Å²) < 4.78 is 5.02. The third-order valence-corrected chi connectivity index (χ3v) is 4.03. The molecule has 0 saturated carbocycles. The number of nitrogens with two attached hydrogens (primary N) is 1. The smallest absolute Gasteiger partial charge is 0.145 e. The Morgan fingerprint density at radius 3 is 2.83 bits per heavy atom. The minimum Gasteiger partial charge on any atom is -0.471 e. The molecule has 1 aliphatic rings. The summed E-state index contributed by atoms with van der Waals surface area (Å²) in [7, 11) is 0. The topological polar surface area (TPSA) is 66.5 Å². The number of rotatable bonds is 3. The summed E-state index contributed by atoms with van der Waals surface area (Å²) in [4.78, 5) is 2.02. The highest BCUT2D eigenvalue weighted by atomic mass is 35.5. The number of hydrogen-bond donors (Lipinski definition) is 3. The summed E-state index contributed by atoms with van der Waals surface area (Å²) in [5.41, 5.74) is 9.66. The monoisotopic (exact) mass is 342 g/mol. The summed E-state index contributed by atoms with van der Waals surface area (Å²) in [5, 5.41) is 7.17. The van der Waals surface area contributed by atoms with Crippen LogP contribution in [0.4, 0.5) is 11.4 Å². The normalized spacial score (nSPS) is 13.0. The standard InChI is InChI=1S/C18H19ClN4O/c1-3-21-18-17(20)23(4-2)16-10-14(19)13(9-15(16)22-18)6-5-12-7-8-24-11-12/h7-11,21-22H,3-4,20H2,1-2H3. The van der Waals surface area contributed by atoms with Crippen molar-refractivity contribution < 1.29 is 4.42 Å². The van der Waals surface area contributed by atoms with Gasteiger partial charge in [0.05, 0.1) is 28.2 Å². The molecule has 0 fully saturated rings. The van der Waals surface area contributed by atoms with Crippen molar-refractivity contribution in [1.29, 1.82) is 0 Å². The Morgan fingerprint density at radius 1 is 1.33 bits per heavy atom. The van der Waals surface area contributed by atoms with Gasteiger partial charge in [0.25, 0.3) is 0 Å². The highest BCUT2D eigenvalue weighted by molar-refractivity contribution is 6.32. The van der Waals surface area contributed by atoms with E-state index in [4.69, 9.17) is 21.8 Å². The van der Waals surface area contributed by atoms with Crippen LogP contribution in [-0.4, -0.2) is 13.1 Å². The van der Waals surface area contributed by atoms with Gasteiger partial charge in [-0.2, -0.15) is 0 Å². The number of nitrogens with zero attached hydrogens (tertiary/aromatic N) is 1. The van der Waals surface area contributed by atoms with Crippen LogP contribution in [0.2, 0.25) is 5.02 Å². The first kappa shape index (κ1) is 16.2. The lowest BCUT2D eigenvalue weighted by molar-refractivity contribution is 0.566. The Morgan fingerprint density at radius 2 is 2.17 bits per heavy atom. The van der Waals surface area contributed by atoms with E-state index < -0.39 is 0 Å². The van der Waals surface area contributed by atoms with Gasteiger partial charge in [0.1, 0.15) is 17.9 Å². The van der Waals surface area contributed by atoms with Crippen LogP contribution in [0.5, 0.6) is 0 Å². The molecule has 24 heavy (non-hydrogen) atoms. The van der Waals surface area contributed by atoms with Crippen molar-refractivity contribution in [2.75, 3.05) is 23.3 Å². The maximum atomic E-state index is 6.42. The molecule has 1 aliphatic heterocycles. The summed E-state index contributed by atoms with van der Waals surface area (Å²) >= 11 is 6.42. The first-order valence-electron chi connectivity index (χ1n) is 7.80. The Balaban J connectivity index is 2.01. The average molecular weight is 343 g/mol. The van der Waals surface area contributed by atoms with E-state index in [0.717, 1.165) is 41.4 Å². The highest BCUT2D eigenvalue weighted by Gasteiger charge is 2.23. The minimum atomic E-state index is 0.588. The Hall–Kier alpha value is -2.71. The lowest BCUT2D eigenvalue weighted by atomic mass is 10.1. The molecule has 0 saturated heterocycles. The molecule has 2 heterocycles. The number of furan rings is 1. The second-order valence-corrected chi connectivity index (χ2v) is 5.68. The van der Waals surface area contributed by atoms with E-state index in [0.29, 0.717) is 10.8 Å². The first-order chi connectivity index (χ1) is 11.6. The van der Waals surface area contributed by atoms with E-state index in [1.54, 1.807) is 12.5 Å². The summed E-state index contributed by atoms with van der Waals surface area (Å²) in [5.74, 6) is 7.57. The van der Waals surface area contributed by atoms with E-state index in [9.17, 15) is 0 Å². The van der Waals surface area contributed by atoms with Gasteiger partial charge >= 0.3 is 0 Å². The third-order valence-electron chi connectivity index (χ3n) is 3.72. The molecule has 0 aliphatic carbocycles. The van der Waals surface area contributed by atoms with Crippen molar-refractivity contribution in [2.45, 2.75) is 13.8 Å². The highest BCUT2D eigenvalue weighted by Crippen LogP contribution is 2.37. The number of nitrogens with one attached hydrogen (secondary N) is 2. The molecule has 0 bridgehead atoms. The maximum Gasteiger partial charge on any atom is 0.145 e. The van der Waals surface area contributed by atoms with Gasteiger partial charge in [0.2, 0.25) is 0 Å². The molecular weight excluding hydrogens is 324 g/mol. The molecule has 124 valence electrons. The quantitative estimate of drug-likeness (QED) is 0.747. The van der Waals surface area contributed by atoms with Crippen LogP contribution in [0.15, 0.2) is 46.8 Å². The zero-order valence-electron chi connectivity index (χ0n) is 13.6. The van der Waals surface area contributed by atoms with Gasteiger partial charge in [-0.1, -0.05) is 23.4 Å². The zero-order valence-corrected chi connectivity index (χ0v) is 14.4. The van der Waals surface area contributed by atoms with Crippen LogP contribution < -0.4 is 21.3 Å². The van der Waals surface area contributed by atoms with Crippen LogP contribution in [0, 0.1) is 11.8 Å². The SMILES string of the molecule is CCNC1=C(N)N(CC)c2cc(Cl)c(C#Cc3ccoc3)cc2N1. The molecule has 0 spiro atoms. The van der Waals surface area contributed by atoms with Crippen molar-refractivity contribution in [2.24, 2.45) is 5.73 Å². The van der Waals surface area contributed by atoms with Crippen molar-refractivity contribution in [3.63, 3.8) is 0 Å². The molecule has 3 rings (SSSR count). The predicted molar refractivity (Wildman–Crippen MR) is 97.7 cm³/mol. The molecule has 0 radical (unpaired) electrons. The molecule has 0 atom stereocenters. The van der Waals surface area contributed by atoms with E-state index in [1.165, 1.54) is 0 Å². The fourth-order valence-corrected chi connectivity index (χ4v) is 2.78. The van der Waals surface area contributed by atoms with E-state index in [1.807, 2.05) is 36.9 Å². The largest absolute Gasteiger partial charge is 0.471 e. The predicted octanol–water partition coefficient (Wildman–Crippen LogP) is 3.28. The summed E-state index contributed by atoms with van der Waals surface area (Å²) in [6.45, 7) is 5.59. The fraction of sp³-hybridized carbons (Fsp3) is 0.222. The van der Waals surface area contributed by atoms with E-state index in [2.05, 4.69) is 22.5 Å². The second-order valence-electron chi connectivity index (χ2n) is 5.27. The van der Waals surface area contributed by atoms with Crippen LogP contribution in [0.3, 0.4) is 0 Å². The number of fused-ring (bicyclic) bond motifs is 1. The summed E-state index contributed by atoms with van der Waals surface area (Å²) in [6, 6.07) is 5.64. The molecule has 1 aromatic carbocycles. The minimum absolute atomic E-state index is 0.588. The fourth-order valence-electron chi connectivity index (χ4n) is 2.57. The number of halogens is 1. The van der Waals surface area contributed by atoms with Crippen LogP contribution in [0.1, 0.15) is 25.0 Å². The molecular formula is C18H19ClN4O. The maximum absolute atomic E-state index is 6.42. The number of hydrogen-bond acceptors (Lipinski definition) is 5. The first-order valence-corrected chi connectivity index (χ1v) is 8.17. The lowest BCUT2D eigenvalue weighted by Crippen LogP contribution is -2.38. The van der Waals surface area contributed by atoms with E-state index in [-0.39, 0.29) is 0 Å². The molecule has 6 heteroatoms. The van der Waals surface area contributed by atoms with Gasteiger partial charge in [0, 0.05) is 18.7 Å². The molecule has 0 amide bonds. The molecule has 4 N–H and O–H groups in total. The molecule has 1 aromatic heterocycles. The van der Waals surface area contributed by atoms with Gasteiger partial charge < -0.3 is 25.7 Å². The second kappa shape index (κ2) is 6.81. The van der Waals surface area contributed by atoms with Crippen LogP contribution in [-0.2, 0) is 0 Å². The van der Waals surface area contributed by atoms with Crippen molar-refractivity contribution in [1.82, 2.24) is 5.32 Å². The Bertz CT molecular complexity index is 831. The molecule has 0 unspecified atom stereocenters. The van der Waals surface area contributed by atoms with Crippen molar-refractivity contribution >= 4 is 23.0 Å². The molecule has 2 aromatic rings. The average Bonchev–Trinajstić information content (AvgIpc) is 3.08. The lowest BCUT2D eigenvalue weighted by Gasteiger charge is -2.33. The number of benzene rings is 1. The van der Waals surface area contributed by atoms with Gasteiger partial charge in [0.15, 0.2) is 0 Å².